The van der Waals surface area contributed by atoms with Crippen molar-refractivity contribution in [1.82, 2.24) is 0 Å². The topological polar surface area (TPSA) is 54.4 Å². The molecule has 0 aliphatic heterocycles. The molecule has 0 aliphatic rings. The summed E-state index contributed by atoms with van der Waals surface area (Å²) in [6.45, 7) is 4.46. The summed E-state index contributed by atoms with van der Waals surface area (Å²) in [5.74, 6) is 0. The second-order valence-corrected chi connectivity index (χ2v) is 7.25. The molecule has 0 heterocycles. The van der Waals surface area contributed by atoms with E-state index in [9.17, 15) is 8.42 Å². The van der Waals surface area contributed by atoms with E-state index in [0.717, 1.165) is 3.17 Å². The molecule has 3 nitrogen and oxygen atoms in total. The van der Waals surface area contributed by atoms with E-state index in [1.807, 2.05) is 0 Å². The molecule has 1 aromatic rings. The maximum atomic E-state index is 10.4. The van der Waals surface area contributed by atoms with Crippen LogP contribution in [0.3, 0.4) is 0 Å². The minimum Gasteiger partial charge on any atom is -0.282 e. The summed E-state index contributed by atoms with van der Waals surface area (Å²) < 4.78 is 30.2. The zero-order chi connectivity index (χ0) is 11.2. The van der Waals surface area contributed by atoms with E-state index in [0.29, 0.717) is 0 Å². The Morgan fingerprint density at radius 3 is 1.79 bits per heavy atom. The van der Waals surface area contributed by atoms with Crippen LogP contribution in [-0.2, 0) is 10.1 Å². The van der Waals surface area contributed by atoms with Crippen LogP contribution in [0.4, 0.5) is 0 Å². The Morgan fingerprint density at radius 1 is 1.21 bits per heavy atom. The first kappa shape index (κ1) is 14.1. The second kappa shape index (κ2) is 6.58. The summed E-state index contributed by atoms with van der Waals surface area (Å²) in [6, 6.07) is 7.42. The van der Waals surface area contributed by atoms with Gasteiger partial charge in [-0.15, -0.1) is 0 Å². The first-order valence-electron chi connectivity index (χ1n) is 4.36. The van der Waals surface area contributed by atoms with E-state index in [-0.39, 0.29) is 4.90 Å². The summed E-state index contributed by atoms with van der Waals surface area (Å²) >= 11 is 1.35. The molecule has 0 aliphatic carbocycles. The quantitative estimate of drug-likeness (QED) is 0.585. The minimum absolute atomic E-state index is 0.0741. The molecule has 0 unspecified atom stereocenters. The Bertz CT molecular complexity index is 343. The monoisotopic (exact) mass is 224 g/mol. The predicted octanol–water partition coefficient (Wildman–Crippen LogP) is 1.92. The summed E-state index contributed by atoms with van der Waals surface area (Å²) in [7, 11) is -4.00. The van der Waals surface area contributed by atoms with Crippen molar-refractivity contribution < 1.29 is 13.0 Å². The predicted molar refractivity (Wildman–Crippen MR) is 57.1 cm³/mol. The molecule has 0 bridgehead atoms. The van der Waals surface area contributed by atoms with Crippen molar-refractivity contribution in [3.05, 3.63) is 30.3 Å². The van der Waals surface area contributed by atoms with Crippen molar-refractivity contribution in [3.63, 3.8) is 0 Å². The van der Waals surface area contributed by atoms with Gasteiger partial charge in [0.2, 0.25) is 0 Å². The van der Waals surface area contributed by atoms with Gasteiger partial charge < -0.3 is 0 Å². The number of hydrogen-bond acceptors (Lipinski definition) is 2. The zero-order valence-electron chi connectivity index (χ0n) is 8.64. The van der Waals surface area contributed by atoms with E-state index < -0.39 is 10.1 Å². The molecule has 74 valence electrons. The fourth-order valence-electron chi connectivity index (χ4n) is 0.592. The molecular weight excluding hydrogens is 211 g/mol. The molecule has 0 radical (unpaired) electrons. The Balaban J connectivity index is 0.000000364. The van der Waals surface area contributed by atoms with Gasteiger partial charge in [-0.3, -0.25) is 4.55 Å². The molecule has 1 rings (SSSR count). The molecule has 5 heteroatoms. The summed E-state index contributed by atoms with van der Waals surface area (Å²) in [5.41, 5.74) is 0. The first-order chi connectivity index (χ1) is 6.34. The van der Waals surface area contributed by atoms with Crippen molar-refractivity contribution in [2.45, 2.75) is 21.9 Å². The second-order valence-electron chi connectivity index (χ2n) is 3.52. The molecule has 1 aromatic carbocycles. The maximum Gasteiger partial charge on any atom is 0.294 e. The van der Waals surface area contributed by atoms with Crippen molar-refractivity contribution >= 4 is 38.0 Å². The normalized spacial score (nSPS) is 10.7. The van der Waals surface area contributed by atoms with Crippen LogP contribution in [0.5, 0.6) is 0 Å². The van der Waals surface area contributed by atoms with Crippen molar-refractivity contribution in [2.75, 3.05) is 0 Å². The average Bonchev–Trinajstić information content (AvgIpc) is 2.03. The number of rotatable bonds is 1. The van der Waals surface area contributed by atoms with Crippen LogP contribution in [0.25, 0.3) is 0 Å². The van der Waals surface area contributed by atoms with Crippen molar-refractivity contribution in [2.24, 2.45) is 0 Å². The van der Waals surface area contributed by atoms with Gasteiger partial charge in [0, 0.05) is 0 Å². The van der Waals surface area contributed by atoms with E-state index >= 15 is 0 Å². The third kappa shape index (κ3) is 7.53. The van der Waals surface area contributed by atoms with Crippen LogP contribution in [-0.4, -0.2) is 40.9 Å². The minimum atomic E-state index is -4.00. The fourth-order valence-corrected chi connectivity index (χ4v) is 1.09. The summed E-state index contributed by atoms with van der Waals surface area (Å²) in [4.78, 5) is -0.0741. The Morgan fingerprint density at radius 2 is 1.57 bits per heavy atom. The van der Waals surface area contributed by atoms with Gasteiger partial charge in [-0.1, -0.05) is 18.2 Å². The van der Waals surface area contributed by atoms with Gasteiger partial charge in [0.1, 0.15) is 0 Å². The van der Waals surface area contributed by atoms with Crippen molar-refractivity contribution in [3.8, 4) is 0 Å². The SMILES string of the molecule is C[CH](C)[Na].O=S(=O)(O)c1ccccc1. The molecule has 14 heavy (non-hydrogen) atoms. The van der Waals surface area contributed by atoms with Crippen LogP contribution in [0.1, 0.15) is 13.8 Å². The fraction of sp³-hybridized carbons (Fsp3) is 0.333. The largest absolute Gasteiger partial charge is 0.294 e. The van der Waals surface area contributed by atoms with Gasteiger partial charge in [0.15, 0.2) is 0 Å². The molecule has 1 N–H and O–H groups in total. The van der Waals surface area contributed by atoms with E-state index in [1.165, 1.54) is 40.1 Å². The number of benzene rings is 1. The smallest absolute Gasteiger partial charge is 0.282 e. The van der Waals surface area contributed by atoms with Crippen LogP contribution in [0.2, 0.25) is 3.17 Å². The maximum absolute atomic E-state index is 10.4. The standard InChI is InChI=1S/C6H6O3S.C3H7.Na/c7-10(8,9)6-4-2-1-3-5-6;1-3-2;/h1-5H,(H,7,8,9);3H,1-2H3;. The van der Waals surface area contributed by atoms with Crippen molar-refractivity contribution in [1.29, 1.82) is 0 Å². The Labute approximate surface area is 103 Å². The molecule has 0 saturated carbocycles. The van der Waals surface area contributed by atoms with Gasteiger partial charge in [-0.25, -0.2) is 0 Å². The third-order valence-corrected chi connectivity index (χ3v) is 1.91. The summed E-state index contributed by atoms with van der Waals surface area (Å²) in [6.07, 6.45) is 0. The van der Waals surface area contributed by atoms with Crippen LogP contribution >= 0.6 is 0 Å². The first-order valence-corrected chi connectivity index (χ1v) is 6.96. The van der Waals surface area contributed by atoms with E-state index in [4.69, 9.17) is 4.55 Å². The van der Waals surface area contributed by atoms with E-state index in [1.54, 1.807) is 18.2 Å². The van der Waals surface area contributed by atoms with E-state index in [2.05, 4.69) is 13.8 Å². The zero-order valence-corrected chi connectivity index (χ0v) is 11.5. The Kier molecular flexibility index (Phi) is 6.64. The molecule has 0 fully saturated rings. The molecular formula is C9H13NaO3S. The molecule has 0 spiro atoms. The summed E-state index contributed by atoms with van der Waals surface area (Å²) in [5, 5.41) is 0. The molecule has 0 atom stereocenters. The van der Waals surface area contributed by atoms with Gasteiger partial charge in [-0.2, -0.15) is 8.42 Å². The average molecular weight is 224 g/mol. The molecule has 0 aromatic heterocycles. The van der Waals surface area contributed by atoms with Gasteiger partial charge >= 0.3 is 44.9 Å². The van der Waals surface area contributed by atoms with Gasteiger partial charge in [0.05, 0.1) is 4.90 Å². The number of hydrogen-bond donors (Lipinski definition) is 1. The van der Waals surface area contributed by atoms with Gasteiger partial charge in [-0.05, 0) is 12.1 Å². The Hall–Kier alpha value is 0.130. The van der Waals surface area contributed by atoms with Crippen LogP contribution < -0.4 is 0 Å². The third-order valence-electron chi connectivity index (χ3n) is 1.04. The van der Waals surface area contributed by atoms with Gasteiger partial charge in [0.25, 0.3) is 10.1 Å². The molecule has 0 amide bonds. The molecule has 0 saturated heterocycles. The van der Waals surface area contributed by atoms with Crippen LogP contribution in [0, 0.1) is 0 Å². The van der Waals surface area contributed by atoms with Crippen LogP contribution in [0.15, 0.2) is 35.2 Å².